The summed E-state index contributed by atoms with van der Waals surface area (Å²) >= 11 is 0. The summed E-state index contributed by atoms with van der Waals surface area (Å²) in [6.45, 7) is 0.477. The number of nitrogens with two attached hydrogens (primary N) is 1. The minimum Gasteiger partial charge on any atom is -0.478 e. The minimum atomic E-state index is -4.46. The van der Waals surface area contributed by atoms with Gasteiger partial charge in [0.1, 0.15) is 5.69 Å². The molecule has 0 bridgehead atoms. The van der Waals surface area contributed by atoms with E-state index in [1.54, 1.807) is 0 Å². The van der Waals surface area contributed by atoms with E-state index < -0.39 is 11.9 Å². The Balaban J connectivity index is 2.54. The molecule has 0 aliphatic heterocycles. The highest BCUT2D eigenvalue weighted by Gasteiger charge is 2.32. The SMILES string of the molecule is NOCCCOc1cccc(C(F)(F)F)n1. The van der Waals surface area contributed by atoms with Crippen LogP contribution in [0.25, 0.3) is 0 Å². The van der Waals surface area contributed by atoms with Gasteiger partial charge in [-0.1, -0.05) is 6.07 Å². The average Bonchev–Trinajstić information content (AvgIpc) is 2.24. The molecule has 0 aromatic carbocycles. The molecule has 1 rings (SSSR count). The van der Waals surface area contributed by atoms with E-state index in [9.17, 15) is 13.2 Å². The number of halogens is 3. The summed E-state index contributed by atoms with van der Waals surface area (Å²) in [6.07, 6.45) is -3.98. The summed E-state index contributed by atoms with van der Waals surface area (Å²) in [6, 6.07) is 3.49. The third-order valence-corrected chi connectivity index (χ3v) is 1.67. The molecule has 1 aromatic rings. The average molecular weight is 236 g/mol. The van der Waals surface area contributed by atoms with Crippen LogP contribution in [0.5, 0.6) is 5.88 Å². The molecule has 0 radical (unpaired) electrons. The topological polar surface area (TPSA) is 57.4 Å². The summed E-state index contributed by atoms with van der Waals surface area (Å²) in [5, 5.41) is 0. The highest BCUT2D eigenvalue weighted by Crippen LogP contribution is 2.28. The first-order valence-electron chi connectivity index (χ1n) is 4.53. The predicted molar refractivity (Wildman–Crippen MR) is 49.5 cm³/mol. The summed E-state index contributed by atoms with van der Waals surface area (Å²) in [5.74, 6) is 4.71. The number of ether oxygens (including phenoxy) is 1. The lowest BCUT2D eigenvalue weighted by Gasteiger charge is -2.08. The van der Waals surface area contributed by atoms with E-state index in [4.69, 9.17) is 10.6 Å². The van der Waals surface area contributed by atoms with Crippen LogP contribution in [-0.2, 0) is 11.0 Å². The lowest BCUT2D eigenvalue weighted by molar-refractivity contribution is -0.141. The van der Waals surface area contributed by atoms with Gasteiger partial charge in [0.05, 0.1) is 13.2 Å². The van der Waals surface area contributed by atoms with Crippen LogP contribution in [0.3, 0.4) is 0 Å². The maximum Gasteiger partial charge on any atom is 0.433 e. The fourth-order valence-corrected chi connectivity index (χ4v) is 0.972. The van der Waals surface area contributed by atoms with Gasteiger partial charge in [-0.15, -0.1) is 0 Å². The number of hydrogen-bond donors (Lipinski definition) is 1. The van der Waals surface area contributed by atoms with Gasteiger partial charge in [0.15, 0.2) is 0 Å². The fraction of sp³-hybridized carbons (Fsp3) is 0.444. The van der Waals surface area contributed by atoms with Gasteiger partial charge >= 0.3 is 6.18 Å². The Bertz CT molecular complexity index is 331. The van der Waals surface area contributed by atoms with Gasteiger partial charge in [0.2, 0.25) is 5.88 Å². The Morgan fingerprint density at radius 3 is 2.62 bits per heavy atom. The lowest BCUT2D eigenvalue weighted by atomic mass is 10.3. The zero-order valence-electron chi connectivity index (χ0n) is 8.33. The van der Waals surface area contributed by atoms with Gasteiger partial charge < -0.3 is 9.57 Å². The van der Waals surface area contributed by atoms with Crippen LogP contribution in [0.4, 0.5) is 13.2 Å². The van der Waals surface area contributed by atoms with E-state index >= 15 is 0 Å². The number of hydrogen-bond acceptors (Lipinski definition) is 4. The van der Waals surface area contributed by atoms with Crippen molar-refractivity contribution in [3.05, 3.63) is 23.9 Å². The molecule has 0 unspecified atom stereocenters. The van der Waals surface area contributed by atoms with E-state index in [0.717, 1.165) is 6.07 Å². The molecule has 0 fully saturated rings. The van der Waals surface area contributed by atoms with Crippen LogP contribution in [0.1, 0.15) is 12.1 Å². The van der Waals surface area contributed by atoms with Crippen molar-refractivity contribution in [2.24, 2.45) is 5.90 Å². The Morgan fingerprint density at radius 2 is 2.00 bits per heavy atom. The second-order valence-electron chi connectivity index (χ2n) is 2.93. The van der Waals surface area contributed by atoms with Gasteiger partial charge in [0, 0.05) is 12.5 Å². The van der Waals surface area contributed by atoms with Crippen molar-refractivity contribution >= 4 is 0 Å². The van der Waals surface area contributed by atoms with Crippen LogP contribution in [-0.4, -0.2) is 18.2 Å². The molecule has 90 valence electrons. The lowest BCUT2D eigenvalue weighted by Crippen LogP contribution is -2.10. The van der Waals surface area contributed by atoms with E-state index in [2.05, 4.69) is 9.82 Å². The molecule has 0 aliphatic carbocycles. The second kappa shape index (κ2) is 5.66. The van der Waals surface area contributed by atoms with Crippen LogP contribution in [0.2, 0.25) is 0 Å². The first-order chi connectivity index (χ1) is 7.54. The summed E-state index contributed by atoms with van der Waals surface area (Å²) in [7, 11) is 0. The number of nitrogens with zero attached hydrogens (tertiary/aromatic N) is 1. The van der Waals surface area contributed by atoms with Gasteiger partial charge in [0.25, 0.3) is 0 Å². The quantitative estimate of drug-likeness (QED) is 0.625. The Kier molecular flexibility index (Phi) is 4.51. The molecule has 16 heavy (non-hydrogen) atoms. The van der Waals surface area contributed by atoms with Crippen molar-refractivity contribution in [1.29, 1.82) is 0 Å². The first kappa shape index (κ1) is 12.7. The standard InChI is InChI=1S/C9H11F3N2O2/c10-9(11,12)7-3-1-4-8(14-7)15-5-2-6-16-13/h1,3-4H,2,5-6,13H2. The van der Waals surface area contributed by atoms with E-state index in [1.165, 1.54) is 12.1 Å². The van der Waals surface area contributed by atoms with E-state index in [0.29, 0.717) is 6.42 Å². The van der Waals surface area contributed by atoms with Crippen molar-refractivity contribution in [3.8, 4) is 5.88 Å². The van der Waals surface area contributed by atoms with Gasteiger partial charge in [-0.25, -0.2) is 10.9 Å². The molecule has 1 aromatic heterocycles. The van der Waals surface area contributed by atoms with Crippen molar-refractivity contribution in [1.82, 2.24) is 4.98 Å². The van der Waals surface area contributed by atoms with Crippen molar-refractivity contribution in [2.75, 3.05) is 13.2 Å². The first-order valence-corrected chi connectivity index (χ1v) is 4.53. The molecule has 0 saturated heterocycles. The maximum atomic E-state index is 12.3. The molecule has 0 atom stereocenters. The summed E-state index contributed by atoms with van der Waals surface area (Å²) in [4.78, 5) is 7.60. The zero-order chi connectivity index (χ0) is 12.0. The van der Waals surface area contributed by atoms with E-state index in [-0.39, 0.29) is 19.1 Å². The zero-order valence-corrected chi connectivity index (χ0v) is 8.33. The molecule has 0 amide bonds. The fourth-order valence-electron chi connectivity index (χ4n) is 0.972. The van der Waals surface area contributed by atoms with Crippen LogP contribution < -0.4 is 10.6 Å². The van der Waals surface area contributed by atoms with Crippen LogP contribution >= 0.6 is 0 Å². The third-order valence-electron chi connectivity index (χ3n) is 1.67. The maximum absolute atomic E-state index is 12.3. The van der Waals surface area contributed by atoms with Crippen LogP contribution in [0.15, 0.2) is 18.2 Å². The number of aromatic nitrogens is 1. The third kappa shape index (κ3) is 4.03. The van der Waals surface area contributed by atoms with Gasteiger partial charge in [-0.05, 0) is 6.07 Å². The van der Waals surface area contributed by atoms with Gasteiger partial charge in [-0.2, -0.15) is 13.2 Å². The number of alkyl halides is 3. The number of rotatable bonds is 5. The normalized spacial score (nSPS) is 11.5. The molecular formula is C9H11F3N2O2. The number of pyridine rings is 1. The largest absolute Gasteiger partial charge is 0.478 e. The minimum absolute atomic E-state index is 0.0631. The smallest absolute Gasteiger partial charge is 0.433 e. The van der Waals surface area contributed by atoms with Crippen molar-refractivity contribution in [3.63, 3.8) is 0 Å². The van der Waals surface area contributed by atoms with E-state index in [1.807, 2.05) is 0 Å². The molecule has 2 N–H and O–H groups in total. The molecular weight excluding hydrogens is 225 g/mol. The summed E-state index contributed by atoms with van der Waals surface area (Å²) in [5.41, 5.74) is -0.972. The molecule has 7 heteroatoms. The Labute approximate surface area is 90.1 Å². The molecule has 0 aliphatic rings. The molecule has 4 nitrogen and oxygen atoms in total. The second-order valence-corrected chi connectivity index (χ2v) is 2.93. The van der Waals surface area contributed by atoms with Crippen LogP contribution in [0, 0.1) is 0 Å². The van der Waals surface area contributed by atoms with Crippen molar-refractivity contribution < 1.29 is 22.7 Å². The Morgan fingerprint density at radius 1 is 1.25 bits per heavy atom. The highest BCUT2D eigenvalue weighted by atomic mass is 19.4. The van der Waals surface area contributed by atoms with Crippen molar-refractivity contribution in [2.45, 2.75) is 12.6 Å². The monoisotopic (exact) mass is 236 g/mol. The predicted octanol–water partition coefficient (Wildman–Crippen LogP) is 1.76. The molecule has 0 spiro atoms. The summed E-state index contributed by atoms with van der Waals surface area (Å²) < 4.78 is 41.8. The Hall–Kier alpha value is -1.34. The van der Waals surface area contributed by atoms with Gasteiger partial charge in [-0.3, -0.25) is 0 Å². The molecule has 1 heterocycles. The highest BCUT2D eigenvalue weighted by molar-refractivity contribution is 5.17. The molecule has 0 saturated carbocycles.